The number of thioether (sulfide) groups is 1. The van der Waals surface area contributed by atoms with Crippen molar-refractivity contribution in [1.29, 1.82) is 0 Å². The van der Waals surface area contributed by atoms with E-state index in [4.69, 9.17) is 10.0 Å². The van der Waals surface area contributed by atoms with Crippen molar-refractivity contribution in [3.8, 4) is 0 Å². The van der Waals surface area contributed by atoms with Crippen LogP contribution in [-0.4, -0.2) is 22.9 Å². The second-order valence-electron chi connectivity index (χ2n) is 4.26. The van der Waals surface area contributed by atoms with E-state index in [0.717, 1.165) is 23.5 Å². The van der Waals surface area contributed by atoms with Crippen LogP contribution in [0.4, 0.5) is 4.39 Å². The molecule has 0 fully saturated rings. The van der Waals surface area contributed by atoms with Gasteiger partial charge in [-0.3, -0.25) is 0 Å². The first kappa shape index (κ1) is 14.5. The molecule has 17 heavy (non-hydrogen) atoms. The minimum atomic E-state index is -1.74. The highest BCUT2D eigenvalue weighted by atomic mass is 32.2. The van der Waals surface area contributed by atoms with Gasteiger partial charge < -0.3 is 10.0 Å². The van der Waals surface area contributed by atoms with Gasteiger partial charge in [0.25, 0.3) is 0 Å². The van der Waals surface area contributed by atoms with Gasteiger partial charge in [-0.25, -0.2) is 4.39 Å². The third kappa shape index (κ3) is 4.70. The maximum absolute atomic E-state index is 13.2. The Bertz CT molecular complexity index is 360. The maximum atomic E-state index is 13.2. The molecule has 0 heterocycles. The van der Waals surface area contributed by atoms with Crippen molar-refractivity contribution in [3.63, 3.8) is 0 Å². The molecule has 2 N–H and O–H groups in total. The van der Waals surface area contributed by atoms with E-state index in [-0.39, 0.29) is 5.46 Å². The average Bonchev–Trinajstić information content (AvgIpc) is 2.30. The molecule has 0 radical (unpaired) electrons. The van der Waals surface area contributed by atoms with Crippen molar-refractivity contribution in [1.82, 2.24) is 0 Å². The summed E-state index contributed by atoms with van der Waals surface area (Å²) in [5.41, 5.74) is 0.870. The average molecular weight is 256 g/mol. The van der Waals surface area contributed by atoms with Crippen LogP contribution in [0.2, 0.25) is 0 Å². The topological polar surface area (TPSA) is 40.5 Å². The first-order chi connectivity index (χ1) is 8.04. The Balaban J connectivity index is 2.57. The molecule has 2 nitrogen and oxygen atoms in total. The molecule has 0 aliphatic heterocycles. The van der Waals surface area contributed by atoms with E-state index in [2.05, 4.69) is 13.8 Å². The molecule has 1 unspecified atom stereocenters. The summed E-state index contributed by atoms with van der Waals surface area (Å²) in [6.45, 7) is 4.35. The van der Waals surface area contributed by atoms with Crippen LogP contribution in [0.15, 0.2) is 18.2 Å². The van der Waals surface area contributed by atoms with Gasteiger partial charge in [0.05, 0.1) is 0 Å². The van der Waals surface area contributed by atoms with Crippen molar-refractivity contribution < 1.29 is 14.4 Å². The zero-order valence-corrected chi connectivity index (χ0v) is 11.0. The van der Waals surface area contributed by atoms with Gasteiger partial charge in [-0.15, -0.1) is 0 Å². The second kappa shape index (κ2) is 7.04. The van der Waals surface area contributed by atoms with Crippen LogP contribution < -0.4 is 5.46 Å². The molecular weight excluding hydrogens is 238 g/mol. The molecule has 0 aliphatic rings. The van der Waals surface area contributed by atoms with Gasteiger partial charge in [-0.2, -0.15) is 11.8 Å². The van der Waals surface area contributed by atoms with Crippen LogP contribution in [-0.2, 0) is 5.75 Å². The van der Waals surface area contributed by atoms with Crippen LogP contribution in [0.5, 0.6) is 0 Å². The summed E-state index contributed by atoms with van der Waals surface area (Å²) in [5, 5.41) is 18.0. The van der Waals surface area contributed by atoms with Crippen molar-refractivity contribution in [2.24, 2.45) is 5.92 Å². The van der Waals surface area contributed by atoms with Crippen LogP contribution in [0.25, 0.3) is 0 Å². The Hall–Kier alpha value is -0.515. The maximum Gasteiger partial charge on any atom is 0.491 e. The van der Waals surface area contributed by atoms with E-state index in [0.29, 0.717) is 5.92 Å². The lowest BCUT2D eigenvalue weighted by Gasteiger charge is -2.09. The predicted octanol–water partition coefficient (Wildman–Crippen LogP) is 1.78. The summed E-state index contributed by atoms with van der Waals surface area (Å²) < 4.78 is 13.2. The van der Waals surface area contributed by atoms with Crippen LogP contribution in [0.1, 0.15) is 25.8 Å². The summed E-state index contributed by atoms with van der Waals surface area (Å²) in [6, 6.07) is 4.49. The quantitative estimate of drug-likeness (QED) is 0.762. The zero-order valence-electron chi connectivity index (χ0n) is 10.2. The van der Waals surface area contributed by atoms with E-state index >= 15 is 0 Å². The molecule has 0 spiro atoms. The van der Waals surface area contributed by atoms with Gasteiger partial charge in [-0.05, 0) is 23.3 Å². The predicted molar refractivity (Wildman–Crippen MR) is 71.8 cm³/mol. The van der Waals surface area contributed by atoms with Crippen molar-refractivity contribution >= 4 is 24.3 Å². The minimum Gasteiger partial charge on any atom is -0.423 e. The molecule has 5 heteroatoms. The largest absolute Gasteiger partial charge is 0.491 e. The van der Waals surface area contributed by atoms with Crippen molar-refractivity contribution in [2.75, 3.05) is 5.75 Å². The van der Waals surface area contributed by atoms with E-state index in [9.17, 15) is 4.39 Å². The Morgan fingerprint density at radius 2 is 2.12 bits per heavy atom. The summed E-state index contributed by atoms with van der Waals surface area (Å²) in [5.74, 6) is 1.92. The Morgan fingerprint density at radius 3 is 2.71 bits per heavy atom. The fourth-order valence-electron chi connectivity index (χ4n) is 1.38. The van der Waals surface area contributed by atoms with Crippen molar-refractivity contribution in [2.45, 2.75) is 26.0 Å². The molecule has 0 saturated heterocycles. The minimum absolute atomic E-state index is 0.0494. The Kier molecular flexibility index (Phi) is 6.02. The summed E-state index contributed by atoms with van der Waals surface area (Å²) in [7, 11) is -1.74. The highest BCUT2D eigenvalue weighted by molar-refractivity contribution is 7.98. The lowest BCUT2D eigenvalue weighted by Crippen LogP contribution is -2.33. The second-order valence-corrected chi connectivity index (χ2v) is 5.29. The normalized spacial score (nSPS) is 12.5. The van der Waals surface area contributed by atoms with E-state index in [1.807, 2.05) is 0 Å². The third-order valence-electron chi connectivity index (χ3n) is 2.71. The molecule has 0 bridgehead atoms. The van der Waals surface area contributed by atoms with Crippen LogP contribution >= 0.6 is 11.8 Å². The van der Waals surface area contributed by atoms with Gasteiger partial charge in [0, 0.05) is 11.2 Å². The number of hydrogen-bond donors (Lipinski definition) is 2. The van der Waals surface area contributed by atoms with E-state index in [1.165, 1.54) is 12.1 Å². The van der Waals surface area contributed by atoms with Gasteiger partial charge in [0.15, 0.2) is 0 Å². The van der Waals surface area contributed by atoms with Gasteiger partial charge >= 0.3 is 7.12 Å². The van der Waals surface area contributed by atoms with E-state index in [1.54, 1.807) is 17.8 Å². The first-order valence-corrected chi connectivity index (χ1v) is 6.92. The smallest absolute Gasteiger partial charge is 0.423 e. The van der Waals surface area contributed by atoms with Gasteiger partial charge in [-0.1, -0.05) is 32.4 Å². The monoisotopic (exact) mass is 256 g/mol. The van der Waals surface area contributed by atoms with Crippen molar-refractivity contribution in [3.05, 3.63) is 29.6 Å². The standard InChI is InChI=1S/C12H18BFO2S/c1-3-9(2)7-17-8-10-4-5-12(14)11(6-10)13(15)16/h4-6,9,15-16H,3,7-8H2,1-2H3. The SMILES string of the molecule is CCC(C)CSCc1ccc(F)c(B(O)O)c1. The molecule has 0 aromatic heterocycles. The number of halogens is 1. The first-order valence-electron chi connectivity index (χ1n) is 5.76. The summed E-state index contributed by atoms with van der Waals surface area (Å²) in [4.78, 5) is 0. The fourth-order valence-corrected chi connectivity index (χ4v) is 2.55. The molecule has 0 saturated carbocycles. The van der Waals surface area contributed by atoms with Crippen LogP contribution in [0.3, 0.4) is 0 Å². The highest BCUT2D eigenvalue weighted by Gasteiger charge is 2.16. The van der Waals surface area contributed by atoms with E-state index < -0.39 is 12.9 Å². The molecule has 0 amide bonds. The summed E-state index contributed by atoms with van der Waals surface area (Å²) >= 11 is 1.78. The Morgan fingerprint density at radius 1 is 1.41 bits per heavy atom. The summed E-state index contributed by atoms with van der Waals surface area (Å²) in [6.07, 6.45) is 1.15. The fraction of sp³-hybridized carbons (Fsp3) is 0.500. The van der Waals surface area contributed by atoms with Gasteiger partial charge in [0.2, 0.25) is 0 Å². The third-order valence-corrected chi connectivity index (χ3v) is 4.05. The number of benzene rings is 1. The van der Waals surface area contributed by atoms with Crippen LogP contribution in [0, 0.1) is 11.7 Å². The van der Waals surface area contributed by atoms with Gasteiger partial charge in [0.1, 0.15) is 5.82 Å². The lowest BCUT2D eigenvalue weighted by molar-refractivity contribution is 0.423. The number of hydrogen-bond acceptors (Lipinski definition) is 3. The molecule has 1 atom stereocenters. The molecular formula is C12H18BFO2S. The molecule has 1 aromatic carbocycles. The Labute approximate surface area is 106 Å². The zero-order chi connectivity index (χ0) is 12.8. The molecule has 94 valence electrons. The molecule has 0 aliphatic carbocycles. The lowest BCUT2D eigenvalue weighted by atomic mass is 9.79. The molecule has 1 aromatic rings. The highest BCUT2D eigenvalue weighted by Crippen LogP contribution is 2.16. The molecule has 1 rings (SSSR count). The number of rotatable bonds is 6.